The van der Waals surface area contributed by atoms with E-state index in [4.69, 9.17) is 4.98 Å². The molecule has 0 saturated carbocycles. The van der Waals surface area contributed by atoms with Crippen molar-refractivity contribution in [1.29, 1.82) is 0 Å². The monoisotopic (exact) mass is 293 g/mol. The second-order valence-electron chi connectivity index (χ2n) is 4.54. The van der Waals surface area contributed by atoms with E-state index >= 15 is 0 Å². The van der Waals surface area contributed by atoms with Crippen molar-refractivity contribution in [2.45, 2.75) is 0 Å². The highest BCUT2D eigenvalue weighted by atomic mass is 32.1. The highest BCUT2D eigenvalue weighted by Crippen LogP contribution is 2.33. The van der Waals surface area contributed by atoms with Crippen LogP contribution in [0.3, 0.4) is 0 Å². The minimum absolute atomic E-state index is 0.803. The number of aromatic nitrogens is 4. The lowest BCUT2D eigenvalue weighted by atomic mass is 10.1. The van der Waals surface area contributed by atoms with Crippen LogP contribution < -0.4 is 5.32 Å². The first-order chi connectivity index (χ1) is 10.4. The van der Waals surface area contributed by atoms with E-state index in [-0.39, 0.29) is 0 Å². The van der Waals surface area contributed by atoms with Crippen LogP contribution in [0.15, 0.2) is 54.4 Å². The molecule has 6 heteroatoms. The van der Waals surface area contributed by atoms with E-state index in [1.54, 1.807) is 36.1 Å². The second kappa shape index (κ2) is 4.99. The Hall–Kier alpha value is -2.73. The Morgan fingerprint density at radius 1 is 1.10 bits per heavy atom. The van der Waals surface area contributed by atoms with Crippen molar-refractivity contribution < 1.29 is 0 Å². The predicted octanol–water partition coefficient (Wildman–Crippen LogP) is 3.83. The van der Waals surface area contributed by atoms with Crippen LogP contribution in [-0.2, 0) is 0 Å². The molecule has 0 bridgehead atoms. The standard InChI is InChI=1S/C15H11N5S/c1-2-14(19-11-7-17-18-8-11)20-15-12(9-21-13(1)15)10-3-5-16-6-4-10/h1-9H,(H,17,18)(H,19,20). The van der Waals surface area contributed by atoms with E-state index in [9.17, 15) is 0 Å². The molecule has 0 fully saturated rings. The molecule has 21 heavy (non-hydrogen) atoms. The maximum absolute atomic E-state index is 4.72. The summed E-state index contributed by atoms with van der Waals surface area (Å²) in [5.74, 6) is 0.803. The van der Waals surface area contributed by atoms with Crippen LogP contribution in [0.2, 0.25) is 0 Å². The number of fused-ring (bicyclic) bond motifs is 1. The van der Waals surface area contributed by atoms with Crippen LogP contribution in [0.5, 0.6) is 0 Å². The highest BCUT2D eigenvalue weighted by molar-refractivity contribution is 7.17. The summed E-state index contributed by atoms with van der Waals surface area (Å²) in [6.45, 7) is 0. The van der Waals surface area contributed by atoms with E-state index in [1.807, 2.05) is 18.2 Å². The first kappa shape index (κ1) is 12.0. The molecule has 0 radical (unpaired) electrons. The Morgan fingerprint density at radius 2 is 2.00 bits per heavy atom. The summed E-state index contributed by atoms with van der Waals surface area (Å²) < 4.78 is 1.17. The van der Waals surface area contributed by atoms with Crippen LogP contribution >= 0.6 is 11.3 Å². The molecule has 0 spiro atoms. The Morgan fingerprint density at radius 3 is 2.81 bits per heavy atom. The van der Waals surface area contributed by atoms with Gasteiger partial charge in [0.15, 0.2) is 0 Å². The van der Waals surface area contributed by atoms with Gasteiger partial charge in [-0.1, -0.05) is 0 Å². The molecule has 4 heterocycles. The van der Waals surface area contributed by atoms with Crippen LogP contribution in [0.1, 0.15) is 0 Å². The zero-order valence-electron chi connectivity index (χ0n) is 10.9. The van der Waals surface area contributed by atoms with Crippen molar-refractivity contribution >= 4 is 33.1 Å². The number of anilines is 2. The molecule has 2 N–H and O–H groups in total. The van der Waals surface area contributed by atoms with Gasteiger partial charge in [-0.2, -0.15) is 5.10 Å². The van der Waals surface area contributed by atoms with Crippen LogP contribution in [0.25, 0.3) is 21.3 Å². The summed E-state index contributed by atoms with van der Waals surface area (Å²) in [6.07, 6.45) is 7.12. The fourth-order valence-corrected chi connectivity index (χ4v) is 3.09. The van der Waals surface area contributed by atoms with Gasteiger partial charge in [0, 0.05) is 29.5 Å². The molecule has 4 aromatic heterocycles. The third-order valence-electron chi connectivity index (χ3n) is 3.18. The van der Waals surface area contributed by atoms with E-state index < -0.39 is 0 Å². The van der Waals surface area contributed by atoms with Gasteiger partial charge in [-0.25, -0.2) is 4.98 Å². The zero-order chi connectivity index (χ0) is 14.1. The molecule has 4 rings (SSSR count). The summed E-state index contributed by atoms with van der Waals surface area (Å²) >= 11 is 1.70. The average Bonchev–Trinajstić information content (AvgIpc) is 3.17. The summed E-state index contributed by atoms with van der Waals surface area (Å²) in [6, 6.07) is 8.06. The molecule has 0 atom stereocenters. The molecule has 0 unspecified atom stereocenters. The first-order valence-electron chi connectivity index (χ1n) is 6.44. The third kappa shape index (κ3) is 2.25. The lowest BCUT2D eigenvalue weighted by Crippen LogP contribution is -1.92. The molecule has 0 aliphatic heterocycles. The molecule has 102 valence electrons. The van der Waals surface area contributed by atoms with E-state index in [0.29, 0.717) is 0 Å². The average molecular weight is 293 g/mol. The van der Waals surface area contributed by atoms with Crippen molar-refractivity contribution in [1.82, 2.24) is 20.2 Å². The van der Waals surface area contributed by atoms with Gasteiger partial charge in [0.1, 0.15) is 5.82 Å². The van der Waals surface area contributed by atoms with E-state index in [2.05, 4.69) is 31.9 Å². The van der Waals surface area contributed by atoms with Crippen LogP contribution in [0, 0.1) is 0 Å². The quantitative estimate of drug-likeness (QED) is 0.602. The molecule has 0 saturated heterocycles. The number of nitrogens with zero attached hydrogens (tertiary/aromatic N) is 3. The van der Waals surface area contributed by atoms with Gasteiger partial charge in [-0.05, 0) is 29.8 Å². The summed E-state index contributed by atoms with van der Waals surface area (Å²) in [5, 5.41) is 12.1. The fraction of sp³-hybridized carbons (Fsp3) is 0. The zero-order valence-corrected chi connectivity index (χ0v) is 11.8. The molecule has 5 nitrogen and oxygen atoms in total. The molecule has 0 aromatic carbocycles. The fourth-order valence-electron chi connectivity index (χ4n) is 2.19. The minimum atomic E-state index is 0.803. The number of hydrogen-bond acceptors (Lipinski definition) is 5. The summed E-state index contributed by atoms with van der Waals surface area (Å²) in [7, 11) is 0. The van der Waals surface area contributed by atoms with E-state index in [0.717, 1.165) is 28.1 Å². The van der Waals surface area contributed by atoms with Crippen LogP contribution in [0.4, 0.5) is 11.5 Å². The number of rotatable bonds is 3. The van der Waals surface area contributed by atoms with Crippen molar-refractivity contribution in [3.63, 3.8) is 0 Å². The summed E-state index contributed by atoms with van der Waals surface area (Å²) in [4.78, 5) is 8.79. The van der Waals surface area contributed by atoms with Gasteiger partial charge in [0.25, 0.3) is 0 Å². The maximum atomic E-state index is 4.72. The Kier molecular flexibility index (Phi) is 2.86. The van der Waals surface area contributed by atoms with Crippen molar-refractivity contribution in [3.05, 3.63) is 54.4 Å². The topological polar surface area (TPSA) is 66.5 Å². The molecular weight excluding hydrogens is 282 g/mol. The number of nitrogens with one attached hydrogen (secondary N) is 2. The van der Waals surface area contributed by atoms with E-state index in [1.165, 1.54) is 4.70 Å². The van der Waals surface area contributed by atoms with Crippen molar-refractivity contribution in [2.24, 2.45) is 0 Å². The normalized spacial score (nSPS) is 10.9. The number of H-pyrrole nitrogens is 1. The molecular formula is C15H11N5S. The molecule has 4 aromatic rings. The van der Waals surface area contributed by atoms with Gasteiger partial charge in [0.05, 0.1) is 22.1 Å². The van der Waals surface area contributed by atoms with Gasteiger partial charge in [-0.3, -0.25) is 10.1 Å². The number of aromatic amines is 1. The smallest absolute Gasteiger partial charge is 0.131 e. The first-order valence-corrected chi connectivity index (χ1v) is 7.32. The summed E-state index contributed by atoms with van der Waals surface area (Å²) in [5.41, 5.74) is 4.15. The van der Waals surface area contributed by atoms with Gasteiger partial charge in [0.2, 0.25) is 0 Å². The minimum Gasteiger partial charge on any atom is -0.338 e. The predicted molar refractivity (Wildman–Crippen MR) is 84.7 cm³/mol. The van der Waals surface area contributed by atoms with Gasteiger partial charge in [-0.15, -0.1) is 11.3 Å². The number of thiophene rings is 1. The lowest BCUT2D eigenvalue weighted by Gasteiger charge is -2.04. The lowest BCUT2D eigenvalue weighted by molar-refractivity contribution is 1.09. The van der Waals surface area contributed by atoms with Crippen molar-refractivity contribution in [2.75, 3.05) is 5.32 Å². The second-order valence-corrected chi connectivity index (χ2v) is 5.45. The SMILES string of the molecule is c1cc(-c2csc3ccc(Nc4cn[nH]c4)nc23)ccn1. The van der Waals surface area contributed by atoms with Gasteiger partial charge < -0.3 is 5.32 Å². The van der Waals surface area contributed by atoms with Crippen molar-refractivity contribution in [3.8, 4) is 11.1 Å². The Labute approximate surface area is 124 Å². The van der Waals surface area contributed by atoms with Gasteiger partial charge >= 0.3 is 0 Å². The number of hydrogen-bond donors (Lipinski definition) is 2. The third-order valence-corrected chi connectivity index (χ3v) is 4.12. The largest absolute Gasteiger partial charge is 0.338 e. The maximum Gasteiger partial charge on any atom is 0.131 e. The molecule has 0 aliphatic rings. The highest BCUT2D eigenvalue weighted by Gasteiger charge is 2.09. The Bertz CT molecular complexity index is 868. The number of pyridine rings is 2. The molecule has 0 amide bonds. The Balaban J connectivity index is 1.79. The van der Waals surface area contributed by atoms with Crippen LogP contribution in [-0.4, -0.2) is 20.2 Å². The molecule has 0 aliphatic carbocycles.